The Morgan fingerprint density at radius 1 is 1.27 bits per heavy atom. The Balaban J connectivity index is 1.61. The third kappa shape index (κ3) is 4.59. The van der Waals surface area contributed by atoms with E-state index in [9.17, 15) is 4.79 Å². The SMILES string of the molecule is CC[C@@]1(Cc2ccccc2)CC[C@H]2CN(C(=O)OC(C)(C)C)CC[C@H]2O1. The smallest absolute Gasteiger partial charge is 0.410 e. The van der Waals surface area contributed by atoms with Crippen LogP contribution in [-0.4, -0.2) is 41.4 Å². The molecule has 4 heteroatoms. The van der Waals surface area contributed by atoms with Crippen LogP contribution in [-0.2, 0) is 15.9 Å². The molecule has 2 heterocycles. The van der Waals surface area contributed by atoms with Crippen molar-refractivity contribution in [1.82, 2.24) is 4.90 Å². The minimum Gasteiger partial charge on any atom is -0.444 e. The first-order valence-corrected chi connectivity index (χ1v) is 10.00. The quantitative estimate of drug-likeness (QED) is 0.777. The highest BCUT2D eigenvalue weighted by Gasteiger charge is 2.44. The number of carbonyl (C=O) groups excluding carboxylic acids is 1. The number of amides is 1. The predicted octanol–water partition coefficient (Wildman–Crippen LogP) is 4.81. The summed E-state index contributed by atoms with van der Waals surface area (Å²) < 4.78 is 12.2. The Kier molecular flexibility index (Phi) is 5.61. The summed E-state index contributed by atoms with van der Waals surface area (Å²) in [6, 6.07) is 10.6. The van der Waals surface area contributed by atoms with E-state index in [4.69, 9.17) is 9.47 Å². The zero-order chi connectivity index (χ0) is 18.8. The second-order valence-corrected chi connectivity index (χ2v) is 8.87. The molecule has 3 rings (SSSR count). The Labute approximate surface area is 157 Å². The summed E-state index contributed by atoms with van der Waals surface area (Å²) in [4.78, 5) is 14.2. The maximum Gasteiger partial charge on any atom is 0.410 e. The Morgan fingerprint density at radius 2 is 2.00 bits per heavy atom. The van der Waals surface area contributed by atoms with Gasteiger partial charge in [0.05, 0.1) is 11.7 Å². The average Bonchev–Trinajstić information content (AvgIpc) is 2.60. The van der Waals surface area contributed by atoms with Gasteiger partial charge in [0.15, 0.2) is 0 Å². The van der Waals surface area contributed by atoms with Gasteiger partial charge in [-0.05, 0) is 52.0 Å². The highest BCUT2D eigenvalue weighted by atomic mass is 16.6. The number of fused-ring (bicyclic) bond motifs is 1. The second kappa shape index (κ2) is 7.59. The summed E-state index contributed by atoms with van der Waals surface area (Å²) >= 11 is 0. The minimum absolute atomic E-state index is 0.0589. The topological polar surface area (TPSA) is 38.8 Å². The van der Waals surface area contributed by atoms with Crippen LogP contribution in [0.3, 0.4) is 0 Å². The maximum absolute atomic E-state index is 12.4. The van der Waals surface area contributed by atoms with E-state index in [2.05, 4.69) is 37.3 Å². The van der Waals surface area contributed by atoms with Gasteiger partial charge in [0, 0.05) is 25.4 Å². The number of hydrogen-bond acceptors (Lipinski definition) is 3. The molecule has 1 aromatic rings. The zero-order valence-corrected chi connectivity index (χ0v) is 16.7. The lowest BCUT2D eigenvalue weighted by Gasteiger charge is -2.49. The summed E-state index contributed by atoms with van der Waals surface area (Å²) in [5, 5.41) is 0. The van der Waals surface area contributed by atoms with Crippen LogP contribution in [0.15, 0.2) is 30.3 Å². The van der Waals surface area contributed by atoms with Crippen molar-refractivity contribution in [2.45, 2.75) is 77.1 Å². The number of ether oxygens (including phenoxy) is 2. The lowest BCUT2D eigenvalue weighted by atomic mass is 9.78. The number of nitrogens with zero attached hydrogens (tertiary/aromatic N) is 1. The molecule has 2 aliphatic heterocycles. The van der Waals surface area contributed by atoms with Gasteiger partial charge in [-0.2, -0.15) is 0 Å². The summed E-state index contributed by atoms with van der Waals surface area (Å²) in [6.45, 7) is 9.46. The van der Waals surface area contributed by atoms with Crippen LogP contribution in [0.2, 0.25) is 0 Å². The summed E-state index contributed by atoms with van der Waals surface area (Å²) in [6.07, 6.45) is 5.15. The van der Waals surface area contributed by atoms with Gasteiger partial charge >= 0.3 is 6.09 Å². The normalized spacial score (nSPS) is 29.2. The van der Waals surface area contributed by atoms with Crippen molar-refractivity contribution in [1.29, 1.82) is 0 Å². The number of carbonyl (C=O) groups is 1. The minimum atomic E-state index is -0.440. The molecular weight excluding hydrogens is 326 g/mol. The monoisotopic (exact) mass is 359 g/mol. The molecular formula is C22H33NO3. The van der Waals surface area contributed by atoms with Gasteiger partial charge in [0.25, 0.3) is 0 Å². The van der Waals surface area contributed by atoms with E-state index in [1.807, 2.05) is 25.7 Å². The van der Waals surface area contributed by atoms with E-state index in [-0.39, 0.29) is 17.8 Å². The van der Waals surface area contributed by atoms with Crippen LogP contribution in [0.5, 0.6) is 0 Å². The number of benzene rings is 1. The van der Waals surface area contributed by atoms with Crippen LogP contribution < -0.4 is 0 Å². The van der Waals surface area contributed by atoms with Gasteiger partial charge in [0.2, 0.25) is 0 Å². The maximum atomic E-state index is 12.4. The van der Waals surface area contributed by atoms with Gasteiger partial charge in [-0.3, -0.25) is 0 Å². The van der Waals surface area contributed by atoms with E-state index >= 15 is 0 Å². The third-order valence-electron chi connectivity index (χ3n) is 5.70. The van der Waals surface area contributed by atoms with Crippen molar-refractivity contribution in [2.24, 2.45) is 5.92 Å². The molecule has 0 saturated carbocycles. The molecule has 0 radical (unpaired) electrons. The zero-order valence-electron chi connectivity index (χ0n) is 16.7. The lowest BCUT2D eigenvalue weighted by molar-refractivity contribution is -0.171. The van der Waals surface area contributed by atoms with Crippen molar-refractivity contribution in [3.63, 3.8) is 0 Å². The summed E-state index contributed by atoms with van der Waals surface area (Å²) in [5.74, 6) is 0.423. The number of likely N-dealkylation sites (tertiary alicyclic amines) is 1. The molecule has 3 atom stereocenters. The Bertz CT molecular complexity index is 610. The van der Waals surface area contributed by atoms with E-state index in [0.29, 0.717) is 5.92 Å². The molecule has 0 aliphatic carbocycles. The molecule has 26 heavy (non-hydrogen) atoms. The Morgan fingerprint density at radius 3 is 2.65 bits per heavy atom. The molecule has 0 N–H and O–H groups in total. The summed E-state index contributed by atoms with van der Waals surface area (Å²) in [7, 11) is 0. The molecule has 0 bridgehead atoms. The van der Waals surface area contributed by atoms with Crippen molar-refractivity contribution in [3.05, 3.63) is 35.9 Å². The first-order valence-electron chi connectivity index (χ1n) is 10.00. The van der Waals surface area contributed by atoms with Crippen molar-refractivity contribution in [3.8, 4) is 0 Å². The van der Waals surface area contributed by atoms with Crippen LogP contribution in [0.1, 0.15) is 58.9 Å². The van der Waals surface area contributed by atoms with E-state index < -0.39 is 5.60 Å². The van der Waals surface area contributed by atoms with E-state index in [1.165, 1.54) is 5.56 Å². The molecule has 0 aromatic heterocycles. The second-order valence-electron chi connectivity index (χ2n) is 8.87. The third-order valence-corrected chi connectivity index (χ3v) is 5.70. The fourth-order valence-corrected chi connectivity index (χ4v) is 4.25. The molecule has 2 saturated heterocycles. The van der Waals surface area contributed by atoms with Gasteiger partial charge < -0.3 is 14.4 Å². The van der Waals surface area contributed by atoms with Gasteiger partial charge in [0.1, 0.15) is 5.60 Å². The van der Waals surface area contributed by atoms with Crippen LogP contribution in [0.25, 0.3) is 0 Å². The van der Waals surface area contributed by atoms with Crippen LogP contribution in [0.4, 0.5) is 4.79 Å². The van der Waals surface area contributed by atoms with Gasteiger partial charge in [-0.25, -0.2) is 4.79 Å². The standard InChI is InChI=1S/C22H33NO3/c1-5-22(15-17-9-7-6-8-10-17)13-11-18-16-23(14-12-19(18)25-22)20(24)26-21(2,3)4/h6-10,18-19H,5,11-16H2,1-4H3/t18-,19+,22-/m0/s1. The number of hydrogen-bond donors (Lipinski definition) is 0. The molecule has 2 aliphatic rings. The van der Waals surface area contributed by atoms with E-state index in [1.54, 1.807) is 0 Å². The molecule has 2 fully saturated rings. The highest BCUT2D eigenvalue weighted by Crippen LogP contribution is 2.40. The number of rotatable bonds is 3. The highest BCUT2D eigenvalue weighted by molar-refractivity contribution is 5.68. The Hall–Kier alpha value is -1.55. The first-order chi connectivity index (χ1) is 12.3. The molecule has 1 amide bonds. The molecule has 0 unspecified atom stereocenters. The van der Waals surface area contributed by atoms with Gasteiger partial charge in [-0.1, -0.05) is 37.3 Å². The van der Waals surface area contributed by atoms with E-state index in [0.717, 1.165) is 45.2 Å². The van der Waals surface area contributed by atoms with Crippen LogP contribution in [0, 0.1) is 5.92 Å². The molecule has 0 spiro atoms. The fraction of sp³-hybridized carbons (Fsp3) is 0.682. The number of piperidine rings is 1. The fourth-order valence-electron chi connectivity index (χ4n) is 4.25. The summed E-state index contributed by atoms with van der Waals surface area (Å²) in [5.41, 5.74) is 0.847. The van der Waals surface area contributed by atoms with Crippen molar-refractivity contribution in [2.75, 3.05) is 13.1 Å². The first kappa shape index (κ1) is 19.2. The largest absolute Gasteiger partial charge is 0.444 e. The lowest BCUT2D eigenvalue weighted by Crippen LogP contribution is -2.54. The van der Waals surface area contributed by atoms with Crippen molar-refractivity contribution < 1.29 is 14.3 Å². The average molecular weight is 360 g/mol. The van der Waals surface area contributed by atoms with Gasteiger partial charge in [-0.15, -0.1) is 0 Å². The van der Waals surface area contributed by atoms with Crippen LogP contribution >= 0.6 is 0 Å². The molecule has 1 aromatic carbocycles. The molecule has 144 valence electrons. The van der Waals surface area contributed by atoms with Crippen molar-refractivity contribution >= 4 is 6.09 Å². The molecule has 4 nitrogen and oxygen atoms in total. The predicted molar refractivity (Wildman–Crippen MR) is 103 cm³/mol.